The number of hydrogen-bond donors (Lipinski definition) is 2. The number of urea groups is 1. The van der Waals surface area contributed by atoms with Crippen molar-refractivity contribution < 1.29 is 22.0 Å². The lowest BCUT2D eigenvalue weighted by atomic mass is 9.98. The van der Waals surface area contributed by atoms with Gasteiger partial charge in [0.05, 0.1) is 11.9 Å². The SMILES string of the molecule is CS(=O)(=O)Nc1cccc2c1CCN(C(=O)Nc1cccc(C(F)F)c1)C2. The van der Waals surface area contributed by atoms with Gasteiger partial charge >= 0.3 is 6.03 Å². The summed E-state index contributed by atoms with van der Waals surface area (Å²) in [4.78, 5) is 14.0. The molecule has 0 aromatic heterocycles. The summed E-state index contributed by atoms with van der Waals surface area (Å²) in [7, 11) is -3.40. The second-order valence-corrected chi connectivity index (χ2v) is 8.09. The Morgan fingerprint density at radius 3 is 2.63 bits per heavy atom. The van der Waals surface area contributed by atoms with E-state index in [1.54, 1.807) is 23.1 Å². The zero-order chi connectivity index (χ0) is 19.6. The normalized spacial score (nSPS) is 14.0. The van der Waals surface area contributed by atoms with E-state index in [0.717, 1.165) is 17.4 Å². The molecule has 27 heavy (non-hydrogen) atoms. The first-order chi connectivity index (χ1) is 12.7. The molecule has 0 saturated carbocycles. The molecular weight excluding hydrogens is 376 g/mol. The lowest BCUT2D eigenvalue weighted by Crippen LogP contribution is -2.39. The van der Waals surface area contributed by atoms with Gasteiger partial charge in [-0.15, -0.1) is 0 Å². The number of alkyl halides is 2. The van der Waals surface area contributed by atoms with Gasteiger partial charge in [-0.3, -0.25) is 4.72 Å². The predicted molar refractivity (Wildman–Crippen MR) is 99.4 cm³/mol. The van der Waals surface area contributed by atoms with Crippen LogP contribution in [0.1, 0.15) is 23.1 Å². The van der Waals surface area contributed by atoms with E-state index in [-0.39, 0.29) is 5.56 Å². The second-order valence-electron chi connectivity index (χ2n) is 6.35. The number of hydrogen-bond acceptors (Lipinski definition) is 3. The maximum absolute atomic E-state index is 12.8. The van der Waals surface area contributed by atoms with Crippen LogP contribution >= 0.6 is 0 Å². The molecule has 0 spiro atoms. The molecule has 0 radical (unpaired) electrons. The summed E-state index contributed by atoms with van der Waals surface area (Å²) in [6.07, 6.45) is -1.04. The third-order valence-electron chi connectivity index (χ3n) is 4.24. The monoisotopic (exact) mass is 395 g/mol. The van der Waals surface area contributed by atoms with Crippen molar-refractivity contribution in [1.82, 2.24) is 4.90 Å². The number of sulfonamides is 1. The summed E-state index contributed by atoms with van der Waals surface area (Å²) in [6, 6.07) is 10.4. The Kier molecular flexibility index (Phi) is 5.31. The maximum atomic E-state index is 12.8. The van der Waals surface area contributed by atoms with Crippen LogP contribution in [0.2, 0.25) is 0 Å². The van der Waals surface area contributed by atoms with Gasteiger partial charge in [0.2, 0.25) is 10.0 Å². The topological polar surface area (TPSA) is 78.5 Å². The van der Waals surface area contributed by atoms with E-state index >= 15 is 0 Å². The highest BCUT2D eigenvalue weighted by Crippen LogP contribution is 2.27. The smallest absolute Gasteiger partial charge is 0.320 e. The van der Waals surface area contributed by atoms with Gasteiger partial charge < -0.3 is 10.2 Å². The molecule has 1 aliphatic heterocycles. The van der Waals surface area contributed by atoms with Gasteiger partial charge in [-0.05, 0) is 35.7 Å². The molecule has 2 amide bonds. The number of halogens is 2. The molecular formula is C18H19F2N3O3S. The molecule has 0 aliphatic carbocycles. The molecule has 2 aromatic carbocycles. The lowest BCUT2D eigenvalue weighted by molar-refractivity contribution is 0.151. The number of carbonyl (C=O) groups is 1. The molecule has 1 heterocycles. The van der Waals surface area contributed by atoms with Crippen LogP contribution in [-0.2, 0) is 23.0 Å². The van der Waals surface area contributed by atoms with Crippen LogP contribution in [0.25, 0.3) is 0 Å². The second kappa shape index (κ2) is 7.51. The summed E-state index contributed by atoms with van der Waals surface area (Å²) >= 11 is 0. The van der Waals surface area contributed by atoms with Crippen LogP contribution in [0.5, 0.6) is 0 Å². The van der Waals surface area contributed by atoms with Gasteiger partial charge in [0.1, 0.15) is 0 Å². The highest BCUT2D eigenvalue weighted by molar-refractivity contribution is 7.92. The summed E-state index contributed by atoms with van der Waals surface area (Å²) in [5.74, 6) is 0. The minimum absolute atomic E-state index is 0.159. The largest absolute Gasteiger partial charge is 0.322 e. The molecule has 0 bridgehead atoms. The van der Waals surface area contributed by atoms with Crippen molar-refractivity contribution in [3.05, 3.63) is 59.2 Å². The Labute approximate surface area is 156 Å². The average molecular weight is 395 g/mol. The zero-order valence-corrected chi connectivity index (χ0v) is 15.4. The minimum Gasteiger partial charge on any atom is -0.320 e. The van der Waals surface area contributed by atoms with Crippen LogP contribution < -0.4 is 10.0 Å². The predicted octanol–water partition coefficient (Wildman–Crippen LogP) is 3.59. The molecule has 6 nitrogen and oxygen atoms in total. The zero-order valence-electron chi connectivity index (χ0n) is 14.6. The molecule has 2 aromatic rings. The van der Waals surface area contributed by atoms with Crippen LogP contribution in [0.3, 0.4) is 0 Å². The van der Waals surface area contributed by atoms with Crippen molar-refractivity contribution in [2.45, 2.75) is 19.4 Å². The fourth-order valence-electron chi connectivity index (χ4n) is 3.03. The van der Waals surface area contributed by atoms with Crippen LogP contribution in [0.15, 0.2) is 42.5 Å². The van der Waals surface area contributed by atoms with Gasteiger partial charge in [-0.2, -0.15) is 0 Å². The first kappa shape index (κ1) is 19.1. The lowest BCUT2D eigenvalue weighted by Gasteiger charge is -2.30. The molecule has 144 valence electrons. The highest BCUT2D eigenvalue weighted by atomic mass is 32.2. The average Bonchev–Trinajstić information content (AvgIpc) is 2.60. The van der Waals surface area contributed by atoms with Gasteiger partial charge in [0, 0.05) is 24.3 Å². The van der Waals surface area contributed by atoms with Gasteiger partial charge in [0.25, 0.3) is 6.43 Å². The first-order valence-corrected chi connectivity index (χ1v) is 10.1. The first-order valence-electron chi connectivity index (χ1n) is 8.25. The summed E-state index contributed by atoms with van der Waals surface area (Å²) in [5.41, 5.74) is 2.35. The quantitative estimate of drug-likeness (QED) is 0.831. The number of rotatable bonds is 4. The Morgan fingerprint density at radius 1 is 1.19 bits per heavy atom. The van der Waals surface area contributed by atoms with Gasteiger partial charge in [-0.1, -0.05) is 24.3 Å². The number of benzene rings is 2. The molecule has 2 N–H and O–H groups in total. The molecule has 0 saturated heterocycles. The molecule has 3 rings (SSSR count). The van der Waals surface area contributed by atoms with Gasteiger partial charge in [-0.25, -0.2) is 22.0 Å². The number of nitrogens with zero attached hydrogens (tertiary/aromatic N) is 1. The molecule has 0 atom stereocenters. The van der Waals surface area contributed by atoms with Crippen molar-refractivity contribution in [3.8, 4) is 0 Å². The Morgan fingerprint density at radius 2 is 1.93 bits per heavy atom. The van der Waals surface area contributed by atoms with E-state index in [4.69, 9.17) is 0 Å². The Bertz CT molecular complexity index is 964. The fourth-order valence-corrected chi connectivity index (χ4v) is 3.62. The van der Waals surface area contributed by atoms with Crippen molar-refractivity contribution >= 4 is 27.4 Å². The van der Waals surface area contributed by atoms with Crippen molar-refractivity contribution in [2.75, 3.05) is 22.8 Å². The number of anilines is 2. The molecule has 0 fully saturated rings. The third kappa shape index (κ3) is 4.73. The van der Waals surface area contributed by atoms with E-state index in [1.807, 2.05) is 6.07 Å². The number of carbonyl (C=O) groups excluding carboxylic acids is 1. The minimum atomic E-state index is -3.40. The third-order valence-corrected chi connectivity index (χ3v) is 4.83. The highest BCUT2D eigenvalue weighted by Gasteiger charge is 2.23. The van der Waals surface area contributed by atoms with E-state index in [9.17, 15) is 22.0 Å². The van der Waals surface area contributed by atoms with Crippen LogP contribution in [0, 0.1) is 0 Å². The van der Waals surface area contributed by atoms with E-state index < -0.39 is 22.5 Å². The fraction of sp³-hybridized carbons (Fsp3) is 0.278. The maximum Gasteiger partial charge on any atom is 0.322 e. The van der Waals surface area contributed by atoms with Crippen molar-refractivity contribution in [3.63, 3.8) is 0 Å². The van der Waals surface area contributed by atoms with Crippen LogP contribution in [-0.4, -0.2) is 32.1 Å². The summed E-state index contributed by atoms with van der Waals surface area (Å²) in [6.45, 7) is 0.685. The van der Waals surface area contributed by atoms with Crippen molar-refractivity contribution in [1.29, 1.82) is 0 Å². The molecule has 0 unspecified atom stereocenters. The van der Waals surface area contributed by atoms with Crippen molar-refractivity contribution in [2.24, 2.45) is 0 Å². The summed E-state index contributed by atoms with van der Waals surface area (Å²) in [5, 5.41) is 2.63. The number of nitrogens with one attached hydrogen (secondary N) is 2. The molecule has 1 aliphatic rings. The van der Waals surface area contributed by atoms with Gasteiger partial charge in [0.15, 0.2) is 0 Å². The van der Waals surface area contributed by atoms with Crippen LogP contribution in [0.4, 0.5) is 25.0 Å². The summed E-state index contributed by atoms with van der Waals surface area (Å²) < 4.78 is 51.1. The van der Waals surface area contributed by atoms with E-state index in [2.05, 4.69) is 10.0 Å². The molecule has 9 heteroatoms. The number of fused-ring (bicyclic) bond motifs is 1. The van der Waals surface area contributed by atoms with E-state index in [1.165, 1.54) is 18.2 Å². The Balaban J connectivity index is 1.73. The van der Waals surface area contributed by atoms with E-state index in [0.29, 0.717) is 30.9 Å². The Hall–Kier alpha value is -2.68. The number of amides is 2. The standard InChI is InChI=1S/C18H19F2N3O3S/c1-27(25,26)22-16-7-3-5-13-11-23(9-8-15(13)16)18(24)21-14-6-2-4-12(10-14)17(19)20/h2-7,10,17,22H,8-9,11H2,1H3,(H,21,24).